The predicted octanol–water partition coefficient (Wildman–Crippen LogP) is 2.14. The lowest BCUT2D eigenvalue weighted by molar-refractivity contribution is 0.0999. The Bertz CT molecular complexity index is 995. The van der Waals surface area contributed by atoms with Crippen LogP contribution in [0.1, 0.15) is 10.4 Å². The number of aromatic nitrogens is 5. The molecule has 0 aliphatic carbocycles. The third kappa shape index (κ3) is 2.68. The van der Waals surface area contributed by atoms with Gasteiger partial charge >= 0.3 is 0 Å². The Morgan fingerprint density at radius 1 is 1.25 bits per heavy atom. The lowest BCUT2D eigenvalue weighted by atomic mass is 10.2. The van der Waals surface area contributed by atoms with E-state index in [0.717, 1.165) is 11.3 Å². The first-order chi connectivity index (χ1) is 11.7. The average Bonchev–Trinajstić information content (AvgIpc) is 3.14. The Hall–Kier alpha value is -3.33. The molecule has 8 nitrogen and oxygen atoms in total. The number of nitrogens with zero attached hydrogens (tertiary/aromatic N) is 5. The van der Waals surface area contributed by atoms with Crippen LogP contribution in [-0.4, -0.2) is 30.5 Å². The van der Waals surface area contributed by atoms with Gasteiger partial charge in [-0.25, -0.2) is 9.50 Å². The largest absolute Gasteiger partial charge is 0.428 e. The number of hydrogen-bond acceptors (Lipinski definition) is 7. The van der Waals surface area contributed by atoms with Crippen LogP contribution in [-0.2, 0) is 0 Å². The van der Waals surface area contributed by atoms with Gasteiger partial charge in [0.15, 0.2) is 0 Å². The molecule has 0 aliphatic heterocycles. The molecule has 24 heavy (non-hydrogen) atoms. The standard InChI is InChI=1S/C15H10N6O2S/c16-13(22)10-4-11(7-18-6-10)23-15-20-21-8-12(19-14(21)24-15)9-2-1-3-17-5-9/h1-8H,(H2,16,22). The monoisotopic (exact) mass is 338 g/mol. The van der Waals surface area contributed by atoms with E-state index in [1.165, 1.54) is 29.8 Å². The smallest absolute Gasteiger partial charge is 0.299 e. The molecule has 0 atom stereocenters. The van der Waals surface area contributed by atoms with Gasteiger partial charge in [-0.15, -0.1) is 5.10 Å². The number of pyridine rings is 2. The molecule has 4 aromatic rings. The van der Waals surface area contributed by atoms with Crippen molar-refractivity contribution in [2.24, 2.45) is 5.73 Å². The normalized spacial score (nSPS) is 10.8. The van der Waals surface area contributed by atoms with E-state index in [9.17, 15) is 4.79 Å². The molecule has 4 rings (SSSR count). The zero-order chi connectivity index (χ0) is 16.5. The molecule has 2 N–H and O–H groups in total. The second-order valence-electron chi connectivity index (χ2n) is 4.84. The first-order valence-corrected chi connectivity index (χ1v) is 7.70. The lowest BCUT2D eigenvalue weighted by Crippen LogP contribution is -2.11. The summed E-state index contributed by atoms with van der Waals surface area (Å²) in [5.74, 6) is -0.182. The fourth-order valence-electron chi connectivity index (χ4n) is 2.09. The van der Waals surface area contributed by atoms with Crippen LogP contribution < -0.4 is 10.5 Å². The van der Waals surface area contributed by atoms with Gasteiger partial charge in [0.2, 0.25) is 10.9 Å². The van der Waals surface area contributed by atoms with Crippen molar-refractivity contribution in [3.8, 4) is 22.2 Å². The van der Waals surface area contributed by atoms with E-state index < -0.39 is 5.91 Å². The fraction of sp³-hybridized carbons (Fsp3) is 0. The topological polar surface area (TPSA) is 108 Å². The Balaban J connectivity index is 1.61. The molecule has 0 unspecified atom stereocenters. The maximum atomic E-state index is 11.2. The average molecular weight is 338 g/mol. The summed E-state index contributed by atoms with van der Waals surface area (Å²) < 4.78 is 7.25. The molecule has 0 aliphatic rings. The number of carbonyl (C=O) groups is 1. The second-order valence-corrected chi connectivity index (χ2v) is 5.76. The number of carbonyl (C=O) groups excluding carboxylic acids is 1. The minimum absolute atomic E-state index is 0.271. The molecule has 0 saturated carbocycles. The first kappa shape index (κ1) is 14.3. The van der Waals surface area contributed by atoms with Gasteiger partial charge in [0.25, 0.3) is 5.19 Å². The SMILES string of the molecule is NC(=O)c1cncc(Oc2nn3cc(-c4cccnc4)nc3s2)c1. The summed E-state index contributed by atoms with van der Waals surface area (Å²) in [5, 5.41) is 4.70. The van der Waals surface area contributed by atoms with Gasteiger partial charge in [0, 0.05) is 24.2 Å². The second kappa shape index (κ2) is 5.70. The Morgan fingerprint density at radius 2 is 2.17 bits per heavy atom. The van der Waals surface area contributed by atoms with Crippen LogP contribution in [0.2, 0.25) is 0 Å². The van der Waals surface area contributed by atoms with E-state index in [1.54, 1.807) is 23.1 Å². The number of nitrogens with two attached hydrogens (primary N) is 1. The Morgan fingerprint density at radius 3 is 2.92 bits per heavy atom. The van der Waals surface area contributed by atoms with Gasteiger partial charge in [0.1, 0.15) is 5.75 Å². The highest BCUT2D eigenvalue weighted by molar-refractivity contribution is 7.18. The summed E-state index contributed by atoms with van der Waals surface area (Å²) in [7, 11) is 0. The highest BCUT2D eigenvalue weighted by Gasteiger charge is 2.12. The molecule has 0 fully saturated rings. The number of hydrogen-bond donors (Lipinski definition) is 1. The summed E-state index contributed by atoms with van der Waals surface area (Å²) >= 11 is 1.28. The van der Waals surface area contributed by atoms with Crippen molar-refractivity contribution < 1.29 is 9.53 Å². The van der Waals surface area contributed by atoms with Gasteiger partial charge in [-0.05, 0) is 29.5 Å². The molecule has 4 aromatic heterocycles. The minimum Gasteiger partial charge on any atom is -0.428 e. The molecule has 1 amide bonds. The number of amides is 1. The van der Waals surface area contributed by atoms with Crippen molar-refractivity contribution in [1.29, 1.82) is 0 Å². The summed E-state index contributed by atoms with van der Waals surface area (Å²) in [6.45, 7) is 0. The molecule has 0 aromatic carbocycles. The zero-order valence-electron chi connectivity index (χ0n) is 12.2. The minimum atomic E-state index is -0.567. The van der Waals surface area contributed by atoms with Crippen molar-refractivity contribution in [1.82, 2.24) is 24.6 Å². The van der Waals surface area contributed by atoms with Crippen LogP contribution in [0.5, 0.6) is 10.9 Å². The fourth-order valence-corrected chi connectivity index (χ4v) is 2.84. The molecule has 0 bridgehead atoms. The van der Waals surface area contributed by atoms with Crippen molar-refractivity contribution >= 4 is 22.2 Å². The van der Waals surface area contributed by atoms with Crippen LogP contribution in [0.15, 0.2) is 49.2 Å². The van der Waals surface area contributed by atoms with Crippen LogP contribution in [0.25, 0.3) is 16.2 Å². The van der Waals surface area contributed by atoms with E-state index in [4.69, 9.17) is 10.5 Å². The van der Waals surface area contributed by atoms with Gasteiger partial charge in [-0.1, -0.05) is 0 Å². The van der Waals surface area contributed by atoms with Crippen LogP contribution in [0.3, 0.4) is 0 Å². The lowest BCUT2D eigenvalue weighted by Gasteiger charge is -2.01. The summed E-state index contributed by atoms with van der Waals surface area (Å²) in [4.78, 5) is 24.4. The summed E-state index contributed by atoms with van der Waals surface area (Å²) in [5.41, 5.74) is 7.19. The summed E-state index contributed by atoms with van der Waals surface area (Å²) in [6.07, 6.45) is 8.11. The van der Waals surface area contributed by atoms with E-state index in [-0.39, 0.29) is 5.56 Å². The zero-order valence-corrected chi connectivity index (χ0v) is 13.0. The Kier molecular flexibility index (Phi) is 3.39. The van der Waals surface area contributed by atoms with Gasteiger partial charge in [-0.3, -0.25) is 14.8 Å². The Labute approximate surface area is 139 Å². The van der Waals surface area contributed by atoms with Crippen molar-refractivity contribution in [3.05, 3.63) is 54.7 Å². The van der Waals surface area contributed by atoms with Gasteiger partial charge < -0.3 is 10.5 Å². The van der Waals surface area contributed by atoms with Gasteiger partial charge in [0.05, 0.1) is 23.7 Å². The third-order valence-electron chi connectivity index (χ3n) is 3.18. The number of rotatable bonds is 4. The molecular weight excluding hydrogens is 328 g/mol. The molecule has 118 valence electrons. The quantitative estimate of drug-likeness (QED) is 0.611. The number of primary amides is 1. The maximum absolute atomic E-state index is 11.2. The van der Waals surface area contributed by atoms with E-state index >= 15 is 0 Å². The highest BCUT2D eigenvalue weighted by Crippen LogP contribution is 2.28. The van der Waals surface area contributed by atoms with Crippen LogP contribution >= 0.6 is 11.3 Å². The first-order valence-electron chi connectivity index (χ1n) is 6.88. The van der Waals surface area contributed by atoms with E-state index in [0.29, 0.717) is 15.9 Å². The molecular formula is C15H10N6O2S. The van der Waals surface area contributed by atoms with Crippen LogP contribution in [0, 0.1) is 0 Å². The number of imidazole rings is 1. The summed E-state index contributed by atoms with van der Waals surface area (Å²) in [6, 6.07) is 5.29. The maximum Gasteiger partial charge on any atom is 0.299 e. The molecule has 0 spiro atoms. The highest BCUT2D eigenvalue weighted by atomic mass is 32.1. The van der Waals surface area contributed by atoms with E-state index in [1.807, 2.05) is 12.1 Å². The van der Waals surface area contributed by atoms with Crippen molar-refractivity contribution in [2.75, 3.05) is 0 Å². The molecule has 0 saturated heterocycles. The van der Waals surface area contributed by atoms with Crippen molar-refractivity contribution in [2.45, 2.75) is 0 Å². The van der Waals surface area contributed by atoms with Crippen molar-refractivity contribution in [3.63, 3.8) is 0 Å². The van der Waals surface area contributed by atoms with E-state index in [2.05, 4.69) is 20.1 Å². The predicted molar refractivity (Wildman–Crippen MR) is 86.9 cm³/mol. The molecule has 0 radical (unpaired) electrons. The van der Waals surface area contributed by atoms with Crippen LogP contribution in [0.4, 0.5) is 0 Å². The molecule has 4 heterocycles. The molecule has 9 heteroatoms. The number of ether oxygens (including phenoxy) is 1. The third-order valence-corrected chi connectivity index (χ3v) is 3.99. The number of fused-ring (bicyclic) bond motifs is 1. The van der Waals surface area contributed by atoms with Gasteiger partial charge in [-0.2, -0.15) is 0 Å².